The Balaban J connectivity index is 1.88. The molecule has 3 heterocycles. The van der Waals surface area contributed by atoms with Crippen molar-refractivity contribution in [1.29, 1.82) is 0 Å². The molecule has 2 fully saturated rings. The number of aromatic nitrogens is 2. The van der Waals surface area contributed by atoms with E-state index in [4.69, 9.17) is 0 Å². The normalized spacial score (nSPS) is 29.5. The average Bonchev–Trinajstić information content (AvgIpc) is 2.77. The Morgan fingerprint density at radius 1 is 1.40 bits per heavy atom. The molecule has 3 rings (SSSR count). The van der Waals surface area contributed by atoms with Gasteiger partial charge in [-0.25, -0.2) is 9.97 Å². The minimum absolute atomic E-state index is 0.652. The summed E-state index contributed by atoms with van der Waals surface area (Å²) in [4.78, 5) is 10.9. The second-order valence-corrected chi connectivity index (χ2v) is 4.49. The van der Waals surface area contributed by atoms with Crippen molar-refractivity contribution < 1.29 is 0 Å². The average molecular weight is 204 g/mol. The molecule has 4 heteroatoms. The van der Waals surface area contributed by atoms with Crippen LogP contribution in [0.5, 0.6) is 0 Å². The Bertz CT molecular complexity index is 365. The maximum Gasteiger partial charge on any atom is 0.132 e. The smallest absolute Gasteiger partial charge is 0.132 e. The molecule has 0 unspecified atom stereocenters. The summed E-state index contributed by atoms with van der Waals surface area (Å²) >= 11 is 0. The van der Waals surface area contributed by atoms with Gasteiger partial charge in [0.1, 0.15) is 12.1 Å². The van der Waals surface area contributed by atoms with Gasteiger partial charge >= 0.3 is 0 Å². The highest BCUT2D eigenvalue weighted by Gasteiger charge is 2.37. The van der Waals surface area contributed by atoms with Crippen LogP contribution >= 0.6 is 0 Å². The molecule has 1 N–H and O–H groups in total. The number of hydrogen-bond acceptors (Lipinski definition) is 4. The molecule has 4 nitrogen and oxygen atoms in total. The summed E-state index contributed by atoms with van der Waals surface area (Å²) in [7, 11) is 0. The molecule has 0 radical (unpaired) electrons. The fourth-order valence-corrected chi connectivity index (χ4v) is 2.73. The molecule has 2 saturated heterocycles. The summed E-state index contributed by atoms with van der Waals surface area (Å²) in [5.41, 5.74) is 1.05. The molecule has 15 heavy (non-hydrogen) atoms. The molecule has 80 valence electrons. The van der Waals surface area contributed by atoms with Gasteiger partial charge in [-0.15, -0.1) is 0 Å². The van der Waals surface area contributed by atoms with Crippen LogP contribution in [-0.2, 0) is 0 Å². The van der Waals surface area contributed by atoms with Gasteiger partial charge in [0.05, 0.1) is 0 Å². The number of nitrogens with zero attached hydrogens (tertiary/aromatic N) is 3. The zero-order chi connectivity index (χ0) is 10.3. The van der Waals surface area contributed by atoms with Crippen LogP contribution in [0.1, 0.15) is 12.1 Å². The molecule has 0 saturated carbocycles. The topological polar surface area (TPSA) is 41.0 Å². The number of fused-ring (bicyclic) bond motifs is 1. The van der Waals surface area contributed by atoms with Crippen molar-refractivity contribution in [3.63, 3.8) is 0 Å². The third-order valence-corrected chi connectivity index (χ3v) is 3.53. The van der Waals surface area contributed by atoms with E-state index in [9.17, 15) is 0 Å². The first-order valence-corrected chi connectivity index (χ1v) is 5.60. The molecule has 1 aromatic rings. The van der Waals surface area contributed by atoms with Crippen LogP contribution in [0.15, 0.2) is 12.4 Å². The van der Waals surface area contributed by atoms with Crippen molar-refractivity contribution in [2.24, 2.45) is 5.92 Å². The van der Waals surface area contributed by atoms with Gasteiger partial charge in [-0.2, -0.15) is 0 Å². The molecule has 0 aliphatic carbocycles. The van der Waals surface area contributed by atoms with E-state index in [1.54, 1.807) is 6.33 Å². The minimum atomic E-state index is 0.652. The van der Waals surface area contributed by atoms with E-state index in [0.29, 0.717) is 6.04 Å². The number of anilines is 1. The van der Waals surface area contributed by atoms with Crippen LogP contribution in [-0.4, -0.2) is 35.6 Å². The van der Waals surface area contributed by atoms with Crippen LogP contribution < -0.4 is 10.2 Å². The van der Waals surface area contributed by atoms with Crippen molar-refractivity contribution in [2.75, 3.05) is 24.5 Å². The van der Waals surface area contributed by atoms with E-state index in [1.165, 1.54) is 13.0 Å². The Hall–Kier alpha value is -1.16. The lowest BCUT2D eigenvalue weighted by molar-refractivity contribution is 0.577. The molecule has 2 aliphatic rings. The zero-order valence-electron chi connectivity index (χ0n) is 8.98. The quantitative estimate of drug-likeness (QED) is 0.726. The highest BCUT2D eigenvalue weighted by Crippen LogP contribution is 2.30. The van der Waals surface area contributed by atoms with Gasteiger partial charge in [0.15, 0.2) is 0 Å². The Kier molecular flexibility index (Phi) is 2.09. The molecular formula is C11H16N4. The fraction of sp³-hybridized carbons (Fsp3) is 0.636. The SMILES string of the molecule is Cc1cc(N2CC[C@H]3CNC[C@H]32)ncn1. The van der Waals surface area contributed by atoms with E-state index < -0.39 is 0 Å². The van der Waals surface area contributed by atoms with Gasteiger partial charge in [0.2, 0.25) is 0 Å². The van der Waals surface area contributed by atoms with Crippen LogP contribution in [0.2, 0.25) is 0 Å². The first-order valence-electron chi connectivity index (χ1n) is 5.60. The Labute approximate surface area is 89.7 Å². The van der Waals surface area contributed by atoms with Crippen molar-refractivity contribution in [3.05, 3.63) is 18.1 Å². The third-order valence-electron chi connectivity index (χ3n) is 3.53. The summed E-state index contributed by atoms with van der Waals surface area (Å²) < 4.78 is 0. The number of aryl methyl sites for hydroxylation is 1. The van der Waals surface area contributed by atoms with Crippen LogP contribution in [0.4, 0.5) is 5.82 Å². The van der Waals surface area contributed by atoms with Crippen molar-refractivity contribution in [1.82, 2.24) is 15.3 Å². The van der Waals surface area contributed by atoms with E-state index in [2.05, 4.69) is 26.3 Å². The maximum absolute atomic E-state index is 4.37. The first-order chi connectivity index (χ1) is 7.34. The lowest BCUT2D eigenvalue weighted by Gasteiger charge is -2.24. The monoisotopic (exact) mass is 204 g/mol. The van der Waals surface area contributed by atoms with E-state index in [-0.39, 0.29) is 0 Å². The summed E-state index contributed by atoms with van der Waals surface area (Å²) in [5, 5.41) is 3.45. The van der Waals surface area contributed by atoms with E-state index >= 15 is 0 Å². The van der Waals surface area contributed by atoms with Gasteiger partial charge in [0.25, 0.3) is 0 Å². The molecule has 0 spiro atoms. The Morgan fingerprint density at radius 3 is 3.20 bits per heavy atom. The maximum atomic E-state index is 4.37. The standard InChI is InChI=1S/C11H16N4/c1-8-4-11(14-7-13-8)15-3-2-9-5-12-6-10(9)15/h4,7,9-10,12H,2-3,5-6H2,1H3/t9-,10+/m0/s1. The number of nitrogens with one attached hydrogen (secondary N) is 1. The van der Waals surface area contributed by atoms with Crippen LogP contribution in [0.3, 0.4) is 0 Å². The van der Waals surface area contributed by atoms with E-state index in [0.717, 1.165) is 30.5 Å². The molecule has 0 bridgehead atoms. The zero-order valence-corrected chi connectivity index (χ0v) is 8.98. The molecular weight excluding hydrogens is 188 g/mol. The van der Waals surface area contributed by atoms with Gasteiger partial charge in [-0.05, 0) is 19.3 Å². The molecule has 0 amide bonds. The predicted octanol–water partition coefficient (Wildman–Crippen LogP) is 0.583. The highest BCUT2D eigenvalue weighted by molar-refractivity contribution is 5.42. The molecule has 1 aromatic heterocycles. The summed E-state index contributed by atoms with van der Waals surface area (Å²) in [6, 6.07) is 2.74. The second-order valence-electron chi connectivity index (χ2n) is 4.49. The van der Waals surface area contributed by atoms with Gasteiger partial charge < -0.3 is 10.2 Å². The van der Waals surface area contributed by atoms with E-state index in [1.807, 2.05) is 6.92 Å². The molecule has 0 aromatic carbocycles. The van der Waals surface area contributed by atoms with Gasteiger partial charge in [0, 0.05) is 37.4 Å². The van der Waals surface area contributed by atoms with Gasteiger partial charge in [-0.3, -0.25) is 0 Å². The van der Waals surface area contributed by atoms with Crippen LogP contribution in [0, 0.1) is 12.8 Å². The lowest BCUT2D eigenvalue weighted by Crippen LogP contribution is -2.34. The molecule has 2 atom stereocenters. The third kappa shape index (κ3) is 1.49. The van der Waals surface area contributed by atoms with Crippen LogP contribution in [0.25, 0.3) is 0 Å². The minimum Gasteiger partial charge on any atom is -0.352 e. The summed E-state index contributed by atoms with van der Waals surface area (Å²) in [5.74, 6) is 1.92. The fourth-order valence-electron chi connectivity index (χ4n) is 2.73. The largest absolute Gasteiger partial charge is 0.352 e. The first kappa shape index (κ1) is 9.09. The summed E-state index contributed by atoms with van der Waals surface area (Å²) in [6.07, 6.45) is 2.96. The highest BCUT2D eigenvalue weighted by atomic mass is 15.3. The molecule has 2 aliphatic heterocycles. The summed E-state index contributed by atoms with van der Waals surface area (Å²) in [6.45, 7) is 5.44. The van der Waals surface area contributed by atoms with Gasteiger partial charge in [-0.1, -0.05) is 0 Å². The van der Waals surface area contributed by atoms with Crippen molar-refractivity contribution in [3.8, 4) is 0 Å². The Morgan fingerprint density at radius 2 is 2.33 bits per heavy atom. The predicted molar refractivity (Wildman–Crippen MR) is 58.9 cm³/mol. The number of hydrogen-bond donors (Lipinski definition) is 1. The second kappa shape index (κ2) is 3.45. The lowest BCUT2D eigenvalue weighted by atomic mass is 10.1. The van der Waals surface area contributed by atoms with Crippen molar-refractivity contribution in [2.45, 2.75) is 19.4 Å². The van der Waals surface area contributed by atoms with Crippen molar-refractivity contribution >= 4 is 5.82 Å². The number of rotatable bonds is 1.